The number of benzene rings is 1. The number of nitrogens with zero attached hydrogens (tertiary/aromatic N) is 2. The summed E-state index contributed by atoms with van der Waals surface area (Å²) in [7, 11) is 0. The van der Waals surface area contributed by atoms with Crippen LogP contribution in [0.5, 0.6) is 11.5 Å². The van der Waals surface area contributed by atoms with Gasteiger partial charge in [0, 0.05) is 17.7 Å². The molecule has 1 aromatic heterocycles. The summed E-state index contributed by atoms with van der Waals surface area (Å²) in [4.78, 5) is 11.7. The van der Waals surface area contributed by atoms with Gasteiger partial charge in [-0.15, -0.1) is 0 Å². The third kappa shape index (κ3) is 5.60. The van der Waals surface area contributed by atoms with E-state index >= 15 is 0 Å². The van der Waals surface area contributed by atoms with Crippen molar-refractivity contribution in [3.05, 3.63) is 54.4 Å². The van der Waals surface area contributed by atoms with E-state index < -0.39 is 0 Å². The number of aromatic hydroxyl groups is 1. The fourth-order valence-electron chi connectivity index (χ4n) is 1.83. The molecule has 0 aliphatic carbocycles. The molecule has 122 valence electrons. The summed E-state index contributed by atoms with van der Waals surface area (Å²) < 4.78 is 7.02. The van der Waals surface area contributed by atoms with Gasteiger partial charge in [0.15, 0.2) is 23.9 Å². The zero-order valence-corrected chi connectivity index (χ0v) is 13.4. The van der Waals surface area contributed by atoms with Gasteiger partial charge in [0.05, 0.1) is 12.8 Å². The fourth-order valence-corrected chi connectivity index (χ4v) is 1.83. The molecule has 2 N–H and O–H groups in total. The summed E-state index contributed by atoms with van der Waals surface area (Å²) in [5.74, 6) is 0.130. The van der Waals surface area contributed by atoms with Gasteiger partial charge in [-0.2, -0.15) is 9.67 Å². The predicted molar refractivity (Wildman–Crippen MR) is 81.6 cm³/mol. The molecule has 2 aromatic rings. The monoisotopic (exact) mass is 335 g/mol. The number of hydrazone groups is 1. The Balaban J connectivity index is 0.00000264. The van der Waals surface area contributed by atoms with E-state index in [-0.39, 0.29) is 30.6 Å². The fraction of sp³-hybridized carbons (Fsp3) is 0.188. The van der Waals surface area contributed by atoms with Gasteiger partial charge >= 0.3 is 5.91 Å². The second-order valence-corrected chi connectivity index (χ2v) is 4.47. The van der Waals surface area contributed by atoms with Gasteiger partial charge in [0.25, 0.3) is 0 Å². The lowest BCUT2D eigenvalue weighted by molar-refractivity contribution is -0.684. The van der Waals surface area contributed by atoms with E-state index in [4.69, 9.17) is 4.74 Å². The summed E-state index contributed by atoms with van der Waals surface area (Å²) in [6.45, 7) is 2.46. The molecule has 0 radical (unpaired) electrons. The Labute approximate surface area is 140 Å². The Morgan fingerprint density at radius 2 is 2.04 bits per heavy atom. The van der Waals surface area contributed by atoms with Crippen LogP contribution in [0, 0.1) is 0 Å². The van der Waals surface area contributed by atoms with E-state index in [0.29, 0.717) is 17.9 Å². The highest BCUT2D eigenvalue weighted by molar-refractivity contribution is 5.86. The lowest BCUT2D eigenvalue weighted by Gasteiger charge is -2.06. The summed E-state index contributed by atoms with van der Waals surface area (Å²) in [5, 5.41) is 13.8. The van der Waals surface area contributed by atoms with Crippen LogP contribution < -0.4 is 27.1 Å². The SMILES string of the molecule is CCOc1cccc(/C=N/NC(=O)C[n+]2ccccc2)c1O.[Cl-]. The van der Waals surface area contributed by atoms with Gasteiger partial charge in [-0.05, 0) is 19.1 Å². The molecule has 0 fully saturated rings. The van der Waals surface area contributed by atoms with Crippen molar-refractivity contribution in [3.63, 3.8) is 0 Å². The quantitative estimate of drug-likeness (QED) is 0.373. The van der Waals surface area contributed by atoms with Crippen LogP contribution >= 0.6 is 0 Å². The van der Waals surface area contributed by atoms with Crippen molar-refractivity contribution in [1.29, 1.82) is 0 Å². The summed E-state index contributed by atoms with van der Waals surface area (Å²) in [5.41, 5.74) is 2.89. The van der Waals surface area contributed by atoms with Crippen LogP contribution in [0.2, 0.25) is 0 Å². The first kappa shape index (κ1) is 18.4. The number of halogens is 1. The van der Waals surface area contributed by atoms with E-state index in [0.717, 1.165) is 0 Å². The molecule has 0 atom stereocenters. The van der Waals surface area contributed by atoms with E-state index in [1.807, 2.05) is 25.1 Å². The Kier molecular flexibility index (Phi) is 7.56. The van der Waals surface area contributed by atoms with Crippen molar-refractivity contribution in [2.75, 3.05) is 6.61 Å². The minimum Gasteiger partial charge on any atom is -1.00 e. The second-order valence-electron chi connectivity index (χ2n) is 4.47. The molecule has 0 saturated heterocycles. The number of carbonyl (C=O) groups excluding carboxylic acids is 1. The van der Waals surface area contributed by atoms with Gasteiger partial charge in [0.2, 0.25) is 6.54 Å². The summed E-state index contributed by atoms with van der Waals surface area (Å²) in [6.07, 6.45) is 4.97. The van der Waals surface area contributed by atoms with Crippen molar-refractivity contribution in [2.24, 2.45) is 5.10 Å². The maximum absolute atomic E-state index is 11.7. The molecule has 1 amide bonds. The highest BCUT2D eigenvalue weighted by Crippen LogP contribution is 2.28. The zero-order valence-electron chi connectivity index (χ0n) is 12.6. The highest BCUT2D eigenvalue weighted by Gasteiger charge is 2.08. The molecule has 0 aliphatic rings. The third-order valence-electron chi connectivity index (χ3n) is 2.83. The number of pyridine rings is 1. The molecule has 0 bridgehead atoms. The molecule has 2 rings (SSSR count). The number of hydrogen-bond acceptors (Lipinski definition) is 4. The highest BCUT2D eigenvalue weighted by atomic mass is 35.5. The maximum atomic E-state index is 11.7. The van der Waals surface area contributed by atoms with Gasteiger partial charge < -0.3 is 22.3 Å². The van der Waals surface area contributed by atoms with Gasteiger partial charge in [-0.25, -0.2) is 5.43 Å². The Morgan fingerprint density at radius 3 is 2.74 bits per heavy atom. The molecular formula is C16H18ClN3O3. The van der Waals surface area contributed by atoms with E-state index in [1.165, 1.54) is 6.21 Å². The molecule has 0 saturated carbocycles. The standard InChI is InChI=1S/C16H17N3O3.ClH/c1-2-22-14-8-6-7-13(16(14)21)11-17-18-15(20)12-19-9-4-3-5-10-19;/h3-11H,2,12H2,1H3,(H-,17,18,20,21);1H. The normalized spacial score (nSPS) is 10.1. The van der Waals surface area contributed by atoms with Crippen LogP contribution in [0.15, 0.2) is 53.9 Å². The molecule has 0 spiro atoms. The molecule has 0 unspecified atom stereocenters. The Hall–Kier alpha value is -2.60. The molecular weight excluding hydrogens is 318 g/mol. The van der Waals surface area contributed by atoms with Crippen LogP contribution in [0.1, 0.15) is 12.5 Å². The third-order valence-corrected chi connectivity index (χ3v) is 2.83. The lowest BCUT2D eigenvalue weighted by Crippen LogP contribution is -3.00. The molecule has 6 nitrogen and oxygen atoms in total. The topological polar surface area (TPSA) is 74.8 Å². The van der Waals surface area contributed by atoms with E-state index in [2.05, 4.69) is 10.5 Å². The minimum absolute atomic E-state index is 0. The first-order chi connectivity index (χ1) is 10.7. The molecule has 7 heteroatoms. The predicted octanol–water partition coefficient (Wildman–Crippen LogP) is -1.77. The summed E-state index contributed by atoms with van der Waals surface area (Å²) >= 11 is 0. The number of ether oxygens (including phenoxy) is 1. The number of carbonyl (C=O) groups is 1. The molecule has 23 heavy (non-hydrogen) atoms. The maximum Gasteiger partial charge on any atom is 0.305 e. The van der Waals surface area contributed by atoms with Crippen LogP contribution in [0.25, 0.3) is 0 Å². The molecule has 1 aromatic carbocycles. The molecule has 0 aliphatic heterocycles. The smallest absolute Gasteiger partial charge is 0.305 e. The first-order valence-corrected chi connectivity index (χ1v) is 6.91. The Morgan fingerprint density at radius 1 is 1.30 bits per heavy atom. The number of nitrogens with one attached hydrogen (secondary N) is 1. The van der Waals surface area contributed by atoms with Crippen LogP contribution in [0.3, 0.4) is 0 Å². The largest absolute Gasteiger partial charge is 1.00 e. The minimum atomic E-state index is -0.257. The number of phenolic OH excluding ortho intramolecular Hbond substituents is 1. The first-order valence-electron chi connectivity index (χ1n) is 6.91. The zero-order chi connectivity index (χ0) is 15.8. The van der Waals surface area contributed by atoms with Crippen LogP contribution in [-0.2, 0) is 11.3 Å². The number of rotatable bonds is 6. The van der Waals surface area contributed by atoms with Gasteiger partial charge in [-0.3, -0.25) is 4.79 Å². The van der Waals surface area contributed by atoms with Gasteiger partial charge in [-0.1, -0.05) is 12.1 Å². The average Bonchev–Trinajstić information content (AvgIpc) is 2.52. The van der Waals surface area contributed by atoms with E-state index in [9.17, 15) is 9.90 Å². The van der Waals surface area contributed by atoms with E-state index in [1.54, 1.807) is 35.2 Å². The van der Waals surface area contributed by atoms with Crippen molar-refractivity contribution in [1.82, 2.24) is 5.43 Å². The number of aromatic nitrogens is 1. The van der Waals surface area contributed by atoms with Crippen molar-refractivity contribution in [2.45, 2.75) is 13.5 Å². The lowest BCUT2D eigenvalue weighted by atomic mass is 10.2. The number of phenols is 1. The van der Waals surface area contributed by atoms with Crippen LogP contribution in [-0.4, -0.2) is 23.8 Å². The number of para-hydroxylation sites is 1. The molecule has 1 heterocycles. The van der Waals surface area contributed by atoms with Crippen molar-refractivity contribution >= 4 is 12.1 Å². The van der Waals surface area contributed by atoms with Crippen LogP contribution in [0.4, 0.5) is 0 Å². The Bertz CT molecular complexity index is 663. The van der Waals surface area contributed by atoms with Crippen molar-refractivity contribution < 1.29 is 31.6 Å². The summed E-state index contributed by atoms with van der Waals surface area (Å²) in [6, 6.07) is 10.6. The van der Waals surface area contributed by atoms with Crippen molar-refractivity contribution in [3.8, 4) is 11.5 Å². The number of amides is 1. The second kappa shape index (κ2) is 9.42. The average molecular weight is 336 g/mol. The van der Waals surface area contributed by atoms with Gasteiger partial charge in [0.1, 0.15) is 0 Å². The number of hydrogen-bond donors (Lipinski definition) is 2.